The number of hydrogen-bond donors (Lipinski definition) is 1. The van der Waals surface area contributed by atoms with E-state index in [1.54, 1.807) is 25.1 Å². The Kier molecular flexibility index (Phi) is 4.73. The third-order valence-corrected chi connectivity index (χ3v) is 3.31. The minimum Gasteiger partial charge on any atom is -0.488 e. The molecular formula is C15H13BrF2O2. The molecule has 20 heavy (non-hydrogen) atoms. The van der Waals surface area contributed by atoms with Crippen LogP contribution in [0.15, 0.2) is 40.9 Å². The van der Waals surface area contributed by atoms with Crippen LogP contribution in [0.5, 0.6) is 5.75 Å². The summed E-state index contributed by atoms with van der Waals surface area (Å²) in [5, 5.41) is 9.69. The van der Waals surface area contributed by atoms with Gasteiger partial charge in [0.1, 0.15) is 24.0 Å². The minimum absolute atomic E-state index is 0.0343. The third kappa shape index (κ3) is 3.55. The van der Waals surface area contributed by atoms with Crippen molar-refractivity contribution < 1.29 is 18.6 Å². The maximum atomic E-state index is 13.5. The van der Waals surface area contributed by atoms with E-state index in [9.17, 15) is 13.9 Å². The summed E-state index contributed by atoms with van der Waals surface area (Å²) in [6, 6.07) is 8.52. The van der Waals surface area contributed by atoms with E-state index in [2.05, 4.69) is 15.9 Å². The van der Waals surface area contributed by atoms with E-state index in [0.29, 0.717) is 11.3 Å². The molecule has 1 N–H and O–H groups in total. The molecule has 0 fully saturated rings. The van der Waals surface area contributed by atoms with Gasteiger partial charge in [-0.3, -0.25) is 0 Å². The van der Waals surface area contributed by atoms with Crippen molar-refractivity contribution in [3.8, 4) is 5.75 Å². The molecule has 1 unspecified atom stereocenters. The van der Waals surface area contributed by atoms with Crippen LogP contribution in [-0.2, 0) is 6.61 Å². The molecule has 1 atom stereocenters. The molecule has 0 radical (unpaired) electrons. The number of ether oxygens (including phenoxy) is 1. The Balaban J connectivity index is 2.18. The lowest BCUT2D eigenvalue weighted by molar-refractivity contribution is 0.189. The van der Waals surface area contributed by atoms with Crippen LogP contribution in [0.3, 0.4) is 0 Å². The van der Waals surface area contributed by atoms with Gasteiger partial charge in [0.2, 0.25) is 0 Å². The van der Waals surface area contributed by atoms with Crippen molar-refractivity contribution in [3.63, 3.8) is 0 Å². The second-order valence-electron chi connectivity index (χ2n) is 4.38. The Morgan fingerprint density at radius 3 is 2.60 bits per heavy atom. The van der Waals surface area contributed by atoms with Crippen LogP contribution in [0.4, 0.5) is 8.78 Å². The summed E-state index contributed by atoms with van der Waals surface area (Å²) in [7, 11) is 0. The van der Waals surface area contributed by atoms with Gasteiger partial charge in [0.15, 0.2) is 0 Å². The molecule has 0 aromatic heterocycles. The Morgan fingerprint density at radius 1 is 1.20 bits per heavy atom. The molecule has 106 valence electrons. The number of benzene rings is 2. The van der Waals surface area contributed by atoms with Gasteiger partial charge in [0.25, 0.3) is 0 Å². The van der Waals surface area contributed by atoms with Crippen molar-refractivity contribution in [3.05, 3.63) is 63.6 Å². The molecule has 0 heterocycles. The first-order valence-electron chi connectivity index (χ1n) is 6.01. The molecule has 2 nitrogen and oxygen atoms in total. The van der Waals surface area contributed by atoms with Crippen LogP contribution in [0.2, 0.25) is 0 Å². The van der Waals surface area contributed by atoms with Gasteiger partial charge in [0, 0.05) is 21.7 Å². The zero-order valence-electron chi connectivity index (χ0n) is 10.7. The average molecular weight is 343 g/mol. The summed E-state index contributed by atoms with van der Waals surface area (Å²) in [5.41, 5.74) is 0.854. The van der Waals surface area contributed by atoms with Crippen LogP contribution in [0.25, 0.3) is 0 Å². The summed E-state index contributed by atoms with van der Waals surface area (Å²) in [4.78, 5) is 0. The molecule has 0 spiro atoms. The number of aliphatic hydroxyl groups excluding tert-OH is 1. The standard InChI is InChI=1S/C15H13BrF2O2/c1-9(19)13-6-11(16)3-5-15(13)20-8-10-2-4-12(17)7-14(10)18/h2-7,9,19H,8H2,1H3. The number of aliphatic hydroxyl groups is 1. The highest BCUT2D eigenvalue weighted by Gasteiger charge is 2.11. The fourth-order valence-corrected chi connectivity index (χ4v) is 2.15. The smallest absolute Gasteiger partial charge is 0.132 e. The van der Waals surface area contributed by atoms with E-state index in [1.807, 2.05) is 0 Å². The maximum Gasteiger partial charge on any atom is 0.132 e. The average Bonchev–Trinajstić information content (AvgIpc) is 2.38. The summed E-state index contributed by atoms with van der Waals surface area (Å²) < 4.78 is 32.6. The van der Waals surface area contributed by atoms with Gasteiger partial charge in [-0.2, -0.15) is 0 Å². The van der Waals surface area contributed by atoms with Crippen molar-refractivity contribution >= 4 is 15.9 Å². The Morgan fingerprint density at radius 2 is 1.95 bits per heavy atom. The van der Waals surface area contributed by atoms with Crippen LogP contribution in [-0.4, -0.2) is 5.11 Å². The second-order valence-corrected chi connectivity index (χ2v) is 5.30. The number of rotatable bonds is 4. The van der Waals surface area contributed by atoms with E-state index in [1.165, 1.54) is 12.1 Å². The zero-order valence-corrected chi connectivity index (χ0v) is 12.3. The first-order chi connectivity index (χ1) is 9.47. The maximum absolute atomic E-state index is 13.5. The van der Waals surface area contributed by atoms with Gasteiger partial charge < -0.3 is 9.84 Å². The number of halogens is 3. The molecule has 0 bridgehead atoms. The molecule has 2 aromatic carbocycles. The molecular weight excluding hydrogens is 330 g/mol. The molecule has 0 aliphatic heterocycles. The highest BCUT2D eigenvalue weighted by molar-refractivity contribution is 9.10. The zero-order chi connectivity index (χ0) is 14.7. The molecule has 2 aromatic rings. The van der Waals surface area contributed by atoms with Crippen molar-refractivity contribution in [1.82, 2.24) is 0 Å². The third-order valence-electron chi connectivity index (χ3n) is 2.82. The Labute approximate surface area is 124 Å². The van der Waals surface area contributed by atoms with Gasteiger partial charge >= 0.3 is 0 Å². The molecule has 0 saturated heterocycles. The molecule has 0 aliphatic rings. The molecule has 5 heteroatoms. The highest BCUT2D eigenvalue weighted by Crippen LogP contribution is 2.29. The van der Waals surface area contributed by atoms with Gasteiger partial charge in [-0.15, -0.1) is 0 Å². The fourth-order valence-electron chi connectivity index (χ4n) is 1.77. The highest BCUT2D eigenvalue weighted by atomic mass is 79.9. The summed E-state index contributed by atoms with van der Waals surface area (Å²) in [6.07, 6.45) is -0.708. The van der Waals surface area contributed by atoms with Crippen LogP contribution in [0.1, 0.15) is 24.2 Å². The first-order valence-corrected chi connectivity index (χ1v) is 6.81. The summed E-state index contributed by atoms with van der Waals surface area (Å²) in [5.74, 6) is -0.813. The molecule has 2 rings (SSSR count). The SMILES string of the molecule is CC(O)c1cc(Br)ccc1OCc1ccc(F)cc1F. The Hall–Kier alpha value is -1.46. The quantitative estimate of drug-likeness (QED) is 0.894. The topological polar surface area (TPSA) is 29.5 Å². The van der Waals surface area contributed by atoms with E-state index in [-0.39, 0.29) is 12.2 Å². The van der Waals surface area contributed by atoms with Crippen molar-refractivity contribution in [1.29, 1.82) is 0 Å². The van der Waals surface area contributed by atoms with Gasteiger partial charge in [0.05, 0.1) is 6.10 Å². The summed E-state index contributed by atoms with van der Waals surface area (Å²) in [6.45, 7) is 1.58. The van der Waals surface area contributed by atoms with E-state index in [0.717, 1.165) is 10.5 Å². The lowest BCUT2D eigenvalue weighted by Gasteiger charge is -2.14. The van der Waals surface area contributed by atoms with Gasteiger partial charge in [-0.1, -0.05) is 15.9 Å². The molecule has 0 saturated carbocycles. The predicted molar refractivity (Wildman–Crippen MR) is 75.5 cm³/mol. The van der Waals surface area contributed by atoms with E-state index >= 15 is 0 Å². The minimum atomic E-state index is -0.708. The molecule has 0 amide bonds. The predicted octanol–water partition coefficient (Wildman–Crippen LogP) is 4.36. The van der Waals surface area contributed by atoms with Crippen LogP contribution < -0.4 is 4.74 Å². The van der Waals surface area contributed by atoms with E-state index < -0.39 is 17.7 Å². The van der Waals surface area contributed by atoms with Crippen molar-refractivity contribution in [2.24, 2.45) is 0 Å². The van der Waals surface area contributed by atoms with Gasteiger partial charge in [-0.05, 0) is 37.3 Å². The van der Waals surface area contributed by atoms with Crippen LogP contribution >= 0.6 is 15.9 Å². The summed E-state index contributed by atoms with van der Waals surface area (Å²) >= 11 is 3.31. The van der Waals surface area contributed by atoms with Crippen LogP contribution in [0, 0.1) is 11.6 Å². The van der Waals surface area contributed by atoms with Crippen molar-refractivity contribution in [2.75, 3.05) is 0 Å². The monoisotopic (exact) mass is 342 g/mol. The Bertz CT molecular complexity index is 615. The van der Waals surface area contributed by atoms with Gasteiger partial charge in [-0.25, -0.2) is 8.78 Å². The fraction of sp³-hybridized carbons (Fsp3) is 0.200. The van der Waals surface area contributed by atoms with E-state index in [4.69, 9.17) is 4.74 Å². The van der Waals surface area contributed by atoms with Crippen molar-refractivity contribution in [2.45, 2.75) is 19.6 Å². The molecule has 0 aliphatic carbocycles. The lowest BCUT2D eigenvalue weighted by atomic mass is 10.1. The normalized spacial score (nSPS) is 12.2. The second kappa shape index (κ2) is 6.33. The number of hydrogen-bond acceptors (Lipinski definition) is 2. The lowest BCUT2D eigenvalue weighted by Crippen LogP contribution is -2.03. The first kappa shape index (κ1) is 14.9. The largest absolute Gasteiger partial charge is 0.488 e.